The Bertz CT molecular complexity index is 329. The van der Waals surface area contributed by atoms with E-state index in [1.807, 2.05) is 0 Å². The number of carbonyl (C=O) groups is 1. The molecule has 0 aliphatic carbocycles. The summed E-state index contributed by atoms with van der Waals surface area (Å²) in [7, 11) is -2.04. The average molecular weight is 343 g/mol. The molecule has 0 spiro atoms. The van der Waals surface area contributed by atoms with Crippen molar-refractivity contribution in [1.82, 2.24) is 0 Å². The van der Waals surface area contributed by atoms with Gasteiger partial charge in [0.25, 0.3) is 0 Å². The molecule has 1 unspecified atom stereocenters. The summed E-state index contributed by atoms with van der Waals surface area (Å²) in [6, 6.07) is 0. The molecule has 23 heavy (non-hydrogen) atoms. The summed E-state index contributed by atoms with van der Waals surface area (Å²) in [5, 5.41) is 10.5. The molecule has 0 saturated heterocycles. The number of aliphatic hydroxyl groups is 1. The SMILES string of the molecule is CCCCC[C@H](O[Si](C(C)C)(C(C)C)C(C)C)C(O)/C=C/C=O. The van der Waals surface area contributed by atoms with Gasteiger partial charge in [-0.2, -0.15) is 0 Å². The van der Waals surface area contributed by atoms with Crippen LogP contribution < -0.4 is 0 Å². The molecule has 136 valence electrons. The van der Waals surface area contributed by atoms with Crippen molar-refractivity contribution in [3.05, 3.63) is 12.2 Å². The Morgan fingerprint density at radius 2 is 1.52 bits per heavy atom. The van der Waals surface area contributed by atoms with Crippen molar-refractivity contribution in [2.24, 2.45) is 0 Å². The molecule has 0 aromatic rings. The molecule has 0 aliphatic rings. The minimum absolute atomic E-state index is 0.211. The first-order chi connectivity index (χ1) is 10.7. The lowest BCUT2D eigenvalue weighted by molar-refractivity contribution is -0.104. The Morgan fingerprint density at radius 1 is 1.00 bits per heavy atom. The minimum Gasteiger partial charge on any atom is -0.410 e. The van der Waals surface area contributed by atoms with Gasteiger partial charge in [-0.1, -0.05) is 73.8 Å². The van der Waals surface area contributed by atoms with Gasteiger partial charge in [0.1, 0.15) is 6.29 Å². The smallest absolute Gasteiger partial charge is 0.200 e. The summed E-state index contributed by atoms with van der Waals surface area (Å²) in [6.07, 6.45) is 6.93. The van der Waals surface area contributed by atoms with Gasteiger partial charge in [-0.05, 0) is 29.1 Å². The highest BCUT2D eigenvalue weighted by molar-refractivity contribution is 6.77. The van der Waals surface area contributed by atoms with Crippen LogP contribution in [0.2, 0.25) is 16.6 Å². The lowest BCUT2D eigenvalue weighted by Crippen LogP contribution is -2.52. The summed E-state index contributed by atoms with van der Waals surface area (Å²) in [6.45, 7) is 15.7. The zero-order valence-corrected chi connectivity index (χ0v) is 17.2. The standard InChI is InChI=1S/C19H38O3Si/c1-8-9-10-13-19(18(21)12-11-14-20)22-23(15(2)3,16(4)5)17(6)7/h11-12,14-19,21H,8-10,13H2,1-7H3/b12-11+/t18?,19-/m0/s1. The van der Waals surface area contributed by atoms with Crippen molar-refractivity contribution in [1.29, 1.82) is 0 Å². The number of allylic oxidation sites excluding steroid dienone is 1. The highest BCUT2D eigenvalue weighted by Gasteiger charge is 2.47. The number of rotatable bonds is 12. The van der Waals surface area contributed by atoms with E-state index in [9.17, 15) is 9.90 Å². The second-order valence-corrected chi connectivity index (χ2v) is 12.9. The van der Waals surface area contributed by atoms with Gasteiger partial charge in [0.2, 0.25) is 8.32 Å². The molecule has 1 N–H and O–H groups in total. The molecule has 0 rings (SSSR count). The van der Waals surface area contributed by atoms with Gasteiger partial charge < -0.3 is 9.53 Å². The van der Waals surface area contributed by atoms with Crippen LogP contribution in [0, 0.1) is 0 Å². The van der Waals surface area contributed by atoms with E-state index in [0.29, 0.717) is 22.9 Å². The van der Waals surface area contributed by atoms with Crippen molar-refractivity contribution in [3.63, 3.8) is 0 Å². The molecule has 0 fully saturated rings. The van der Waals surface area contributed by atoms with E-state index in [0.717, 1.165) is 25.7 Å². The summed E-state index contributed by atoms with van der Waals surface area (Å²) >= 11 is 0. The zero-order chi connectivity index (χ0) is 18.0. The molecule has 2 atom stereocenters. The third kappa shape index (κ3) is 6.52. The van der Waals surface area contributed by atoms with E-state index >= 15 is 0 Å². The largest absolute Gasteiger partial charge is 0.410 e. The molecule has 0 aromatic carbocycles. The van der Waals surface area contributed by atoms with Gasteiger partial charge in [0.15, 0.2) is 0 Å². The van der Waals surface area contributed by atoms with Crippen molar-refractivity contribution in [2.75, 3.05) is 0 Å². The fourth-order valence-electron chi connectivity index (χ4n) is 3.85. The second-order valence-electron chi connectivity index (χ2n) is 7.48. The van der Waals surface area contributed by atoms with Crippen LogP contribution in [0.1, 0.15) is 74.1 Å². The molecule has 3 nitrogen and oxygen atoms in total. The number of hydrogen-bond donors (Lipinski definition) is 1. The first kappa shape index (κ1) is 22.5. The summed E-state index contributed by atoms with van der Waals surface area (Å²) < 4.78 is 6.75. The number of aliphatic hydroxyl groups excluding tert-OH is 1. The molecule has 4 heteroatoms. The van der Waals surface area contributed by atoms with Crippen LogP contribution >= 0.6 is 0 Å². The lowest BCUT2D eigenvalue weighted by Gasteiger charge is -2.45. The summed E-state index contributed by atoms with van der Waals surface area (Å²) in [5.41, 5.74) is 1.45. The number of unbranched alkanes of at least 4 members (excludes halogenated alkanes) is 2. The van der Waals surface area contributed by atoms with E-state index in [1.165, 1.54) is 6.08 Å². The maximum atomic E-state index is 10.6. The van der Waals surface area contributed by atoms with Gasteiger partial charge in [0, 0.05) is 0 Å². The summed E-state index contributed by atoms with van der Waals surface area (Å²) in [5.74, 6) is 0. The molecule has 0 aliphatic heterocycles. The minimum atomic E-state index is -2.04. The van der Waals surface area contributed by atoms with E-state index < -0.39 is 14.4 Å². The van der Waals surface area contributed by atoms with Gasteiger partial charge >= 0.3 is 0 Å². The molecular weight excluding hydrogens is 304 g/mol. The van der Waals surface area contributed by atoms with Crippen LogP contribution in [-0.4, -0.2) is 31.9 Å². The maximum Gasteiger partial charge on any atom is 0.200 e. The summed E-state index contributed by atoms with van der Waals surface area (Å²) in [4.78, 5) is 10.6. The average Bonchev–Trinajstić information content (AvgIpc) is 2.47. The van der Waals surface area contributed by atoms with E-state index in [2.05, 4.69) is 48.5 Å². The van der Waals surface area contributed by atoms with Gasteiger partial charge in [-0.15, -0.1) is 0 Å². The third-order valence-electron chi connectivity index (χ3n) is 4.92. The Labute approximate surface area is 144 Å². The van der Waals surface area contributed by atoms with E-state index in [4.69, 9.17) is 4.43 Å². The van der Waals surface area contributed by atoms with Crippen LogP contribution in [0.3, 0.4) is 0 Å². The highest BCUT2D eigenvalue weighted by atomic mass is 28.4. The molecule has 0 bridgehead atoms. The molecule has 0 aromatic heterocycles. The molecule has 0 saturated carbocycles. The second kappa shape index (κ2) is 11.2. The highest BCUT2D eigenvalue weighted by Crippen LogP contribution is 2.43. The Morgan fingerprint density at radius 3 is 1.91 bits per heavy atom. The zero-order valence-electron chi connectivity index (χ0n) is 16.2. The van der Waals surface area contributed by atoms with Crippen LogP contribution in [0.25, 0.3) is 0 Å². The van der Waals surface area contributed by atoms with Crippen LogP contribution in [-0.2, 0) is 9.22 Å². The lowest BCUT2D eigenvalue weighted by atomic mass is 10.1. The van der Waals surface area contributed by atoms with Crippen molar-refractivity contribution in [3.8, 4) is 0 Å². The first-order valence-corrected chi connectivity index (χ1v) is 11.4. The Kier molecular flexibility index (Phi) is 10.9. The van der Waals surface area contributed by atoms with Gasteiger partial charge in [-0.3, -0.25) is 4.79 Å². The Hall–Kier alpha value is -0.453. The maximum absolute atomic E-state index is 10.6. The monoisotopic (exact) mass is 342 g/mol. The number of aldehydes is 1. The molecular formula is C19H38O3Si. The van der Waals surface area contributed by atoms with Crippen LogP contribution in [0.4, 0.5) is 0 Å². The van der Waals surface area contributed by atoms with Crippen LogP contribution in [0.15, 0.2) is 12.2 Å². The molecule has 0 amide bonds. The van der Waals surface area contributed by atoms with Crippen molar-refractivity contribution >= 4 is 14.6 Å². The normalized spacial score (nSPS) is 15.8. The van der Waals surface area contributed by atoms with Crippen molar-refractivity contribution < 1.29 is 14.3 Å². The van der Waals surface area contributed by atoms with Gasteiger partial charge in [0.05, 0.1) is 12.2 Å². The predicted octanol–water partition coefficient (Wildman–Crippen LogP) is 5.24. The number of carbonyl (C=O) groups excluding carboxylic acids is 1. The van der Waals surface area contributed by atoms with E-state index in [1.54, 1.807) is 6.08 Å². The number of hydrogen-bond acceptors (Lipinski definition) is 3. The van der Waals surface area contributed by atoms with Gasteiger partial charge in [-0.25, -0.2) is 0 Å². The Balaban J connectivity index is 5.40. The molecule has 0 heterocycles. The van der Waals surface area contributed by atoms with Crippen molar-refractivity contribution in [2.45, 2.75) is 103 Å². The first-order valence-electron chi connectivity index (χ1n) is 9.21. The fraction of sp³-hybridized carbons (Fsp3) is 0.842. The molecule has 0 radical (unpaired) electrons. The predicted molar refractivity (Wildman–Crippen MR) is 101 cm³/mol. The third-order valence-corrected chi connectivity index (χ3v) is 11.0. The fourth-order valence-corrected chi connectivity index (χ4v) is 9.45. The topological polar surface area (TPSA) is 46.5 Å². The van der Waals surface area contributed by atoms with Crippen LogP contribution in [0.5, 0.6) is 0 Å². The quantitative estimate of drug-likeness (QED) is 0.228. The van der Waals surface area contributed by atoms with E-state index in [-0.39, 0.29) is 6.10 Å².